The van der Waals surface area contributed by atoms with Crippen molar-refractivity contribution in [2.75, 3.05) is 11.9 Å². The molecule has 22 heavy (non-hydrogen) atoms. The van der Waals surface area contributed by atoms with Crippen molar-refractivity contribution in [1.29, 1.82) is 0 Å². The van der Waals surface area contributed by atoms with Crippen molar-refractivity contribution in [3.8, 4) is 0 Å². The SMILES string of the molecule is Cc1ccc(N(C)c2oc3ccccc3c(=O)c2C=O)cc1. The van der Waals surface area contributed by atoms with Crippen LogP contribution >= 0.6 is 0 Å². The quantitative estimate of drug-likeness (QED) is 0.691. The fourth-order valence-electron chi connectivity index (χ4n) is 2.38. The average Bonchev–Trinajstić information content (AvgIpc) is 2.55. The number of hydrogen-bond donors (Lipinski definition) is 0. The molecule has 3 rings (SSSR count). The lowest BCUT2D eigenvalue weighted by Crippen LogP contribution is -2.18. The van der Waals surface area contributed by atoms with Gasteiger partial charge in [-0.25, -0.2) is 0 Å². The monoisotopic (exact) mass is 293 g/mol. The number of carbonyl (C=O) groups is 1. The van der Waals surface area contributed by atoms with Crippen LogP contribution in [0.1, 0.15) is 15.9 Å². The molecular weight excluding hydrogens is 278 g/mol. The normalized spacial score (nSPS) is 10.6. The third-order valence-electron chi connectivity index (χ3n) is 3.66. The largest absolute Gasteiger partial charge is 0.439 e. The molecule has 4 heteroatoms. The first-order valence-corrected chi connectivity index (χ1v) is 6.93. The van der Waals surface area contributed by atoms with Crippen molar-refractivity contribution in [2.24, 2.45) is 0 Å². The lowest BCUT2D eigenvalue weighted by Gasteiger charge is -2.19. The minimum Gasteiger partial charge on any atom is -0.439 e. The smallest absolute Gasteiger partial charge is 0.214 e. The Labute approximate surface area is 127 Å². The van der Waals surface area contributed by atoms with Gasteiger partial charge in [-0.05, 0) is 31.2 Å². The summed E-state index contributed by atoms with van der Waals surface area (Å²) in [5, 5.41) is 0.408. The van der Waals surface area contributed by atoms with Crippen molar-refractivity contribution < 1.29 is 9.21 Å². The molecule has 0 bridgehead atoms. The summed E-state index contributed by atoms with van der Waals surface area (Å²) in [7, 11) is 1.77. The maximum absolute atomic E-state index is 12.5. The van der Waals surface area contributed by atoms with Gasteiger partial charge >= 0.3 is 0 Å². The summed E-state index contributed by atoms with van der Waals surface area (Å²) < 4.78 is 5.81. The topological polar surface area (TPSA) is 50.5 Å². The molecule has 0 amide bonds. The minimum absolute atomic E-state index is 0.0294. The number of fused-ring (bicyclic) bond motifs is 1. The number of nitrogens with zero attached hydrogens (tertiary/aromatic N) is 1. The molecule has 0 spiro atoms. The maximum atomic E-state index is 12.5. The fraction of sp³-hybridized carbons (Fsp3) is 0.111. The van der Waals surface area contributed by atoms with Gasteiger partial charge in [0.1, 0.15) is 11.1 Å². The third kappa shape index (κ3) is 2.29. The van der Waals surface area contributed by atoms with Gasteiger partial charge in [0.05, 0.1) is 5.39 Å². The van der Waals surface area contributed by atoms with Gasteiger partial charge in [-0.15, -0.1) is 0 Å². The van der Waals surface area contributed by atoms with E-state index in [4.69, 9.17) is 4.42 Å². The van der Waals surface area contributed by atoms with Crippen LogP contribution in [0.4, 0.5) is 11.6 Å². The van der Waals surface area contributed by atoms with Gasteiger partial charge in [-0.2, -0.15) is 0 Å². The van der Waals surface area contributed by atoms with Crippen LogP contribution < -0.4 is 10.3 Å². The minimum atomic E-state index is -0.314. The molecule has 0 unspecified atom stereocenters. The van der Waals surface area contributed by atoms with E-state index in [-0.39, 0.29) is 16.9 Å². The van der Waals surface area contributed by atoms with E-state index in [0.29, 0.717) is 17.3 Å². The van der Waals surface area contributed by atoms with Gasteiger partial charge in [0.15, 0.2) is 6.29 Å². The van der Waals surface area contributed by atoms with Crippen molar-refractivity contribution >= 4 is 28.8 Å². The molecule has 0 aliphatic carbocycles. The Kier molecular flexibility index (Phi) is 3.51. The van der Waals surface area contributed by atoms with Crippen LogP contribution in [0, 0.1) is 6.92 Å². The number of aldehydes is 1. The molecule has 3 aromatic rings. The highest BCUT2D eigenvalue weighted by atomic mass is 16.4. The van der Waals surface area contributed by atoms with E-state index in [1.54, 1.807) is 36.2 Å². The molecule has 110 valence electrons. The van der Waals surface area contributed by atoms with Crippen molar-refractivity contribution in [3.63, 3.8) is 0 Å². The summed E-state index contributed by atoms with van der Waals surface area (Å²) in [6.45, 7) is 2.00. The average molecular weight is 293 g/mol. The standard InChI is InChI=1S/C18H15NO3/c1-12-7-9-13(10-8-12)19(2)18-15(11-20)17(21)14-5-3-4-6-16(14)22-18/h3-11H,1-2H3. The molecule has 0 aliphatic rings. The second-order valence-corrected chi connectivity index (χ2v) is 5.16. The van der Waals surface area contributed by atoms with E-state index in [2.05, 4.69) is 0 Å². The zero-order valence-electron chi connectivity index (χ0n) is 12.4. The summed E-state index contributed by atoms with van der Waals surface area (Å²) in [5.41, 5.74) is 2.15. The van der Waals surface area contributed by atoms with E-state index < -0.39 is 0 Å². The summed E-state index contributed by atoms with van der Waals surface area (Å²) in [5.74, 6) is 0.252. The third-order valence-corrected chi connectivity index (χ3v) is 3.66. The molecule has 0 atom stereocenters. The van der Waals surface area contributed by atoms with Crippen molar-refractivity contribution in [3.05, 3.63) is 69.9 Å². The molecule has 0 radical (unpaired) electrons. The number of aryl methyl sites for hydroxylation is 1. The Morgan fingerprint density at radius 2 is 1.73 bits per heavy atom. The summed E-state index contributed by atoms with van der Waals surface area (Å²) >= 11 is 0. The molecule has 1 heterocycles. The summed E-state index contributed by atoms with van der Waals surface area (Å²) in [6, 6.07) is 14.7. The number of benzene rings is 2. The van der Waals surface area contributed by atoms with Crippen LogP contribution in [0.3, 0.4) is 0 Å². The van der Waals surface area contributed by atoms with Gasteiger partial charge in [0.25, 0.3) is 0 Å². The van der Waals surface area contributed by atoms with Gasteiger partial charge in [0.2, 0.25) is 11.3 Å². The highest BCUT2D eigenvalue weighted by molar-refractivity contribution is 5.90. The molecule has 2 aromatic carbocycles. The molecule has 0 saturated carbocycles. The lowest BCUT2D eigenvalue weighted by atomic mass is 10.1. The number of anilines is 2. The Bertz CT molecular complexity index is 894. The molecule has 4 nitrogen and oxygen atoms in total. The van der Waals surface area contributed by atoms with Gasteiger partial charge in [-0.3, -0.25) is 9.59 Å². The Morgan fingerprint density at radius 3 is 2.41 bits per heavy atom. The number of para-hydroxylation sites is 1. The van der Waals surface area contributed by atoms with Crippen LogP contribution in [0.25, 0.3) is 11.0 Å². The summed E-state index contributed by atoms with van der Waals surface area (Å²) in [4.78, 5) is 25.6. The van der Waals surface area contributed by atoms with E-state index in [9.17, 15) is 9.59 Å². The highest BCUT2D eigenvalue weighted by Crippen LogP contribution is 2.28. The highest BCUT2D eigenvalue weighted by Gasteiger charge is 2.18. The van der Waals surface area contributed by atoms with Crippen LogP contribution in [-0.4, -0.2) is 13.3 Å². The predicted octanol–water partition coefficient (Wildman–Crippen LogP) is 3.68. The van der Waals surface area contributed by atoms with E-state index in [1.165, 1.54) is 0 Å². The second kappa shape index (κ2) is 5.48. The molecule has 1 aromatic heterocycles. The fourth-order valence-corrected chi connectivity index (χ4v) is 2.38. The van der Waals surface area contributed by atoms with Gasteiger partial charge < -0.3 is 9.32 Å². The first-order valence-electron chi connectivity index (χ1n) is 6.93. The van der Waals surface area contributed by atoms with E-state index >= 15 is 0 Å². The number of hydrogen-bond acceptors (Lipinski definition) is 4. The van der Waals surface area contributed by atoms with Gasteiger partial charge in [0, 0.05) is 12.7 Å². The van der Waals surface area contributed by atoms with Crippen molar-refractivity contribution in [2.45, 2.75) is 6.92 Å². The molecule has 0 saturated heterocycles. The number of rotatable bonds is 3. The Morgan fingerprint density at radius 1 is 1.05 bits per heavy atom. The molecule has 0 fully saturated rings. The molecule has 0 N–H and O–H groups in total. The van der Waals surface area contributed by atoms with Crippen LogP contribution in [-0.2, 0) is 0 Å². The Balaban J connectivity index is 2.23. The van der Waals surface area contributed by atoms with E-state index in [1.807, 2.05) is 31.2 Å². The van der Waals surface area contributed by atoms with E-state index in [0.717, 1.165) is 11.3 Å². The lowest BCUT2D eigenvalue weighted by molar-refractivity contribution is 0.112. The zero-order valence-corrected chi connectivity index (χ0v) is 12.4. The predicted molar refractivity (Wildman–Crippen MR) is 87.1 cm³/mol. The van der Waals surface area contributed by atoms with Crippen LogP contribution in [0.15, 0.2) is 57.7 Å². The van der Waals surface area contributed by atoms with Crippen LogP contribution in [0.2, 0.25) is 0 Å². The number of carbonyl (C=O) groups excluding carboxylic acids is 1. The Hall–Kier alpha value is -2.88. The molecular formula is C18H15NO3. The van der Waals surface area contributed by atoms with Gasteiger partial charge in [-0.1, -0.05) is 29.8 Å². The maximum Gasteiger partial charge on any atom is 0.214 e. The first kappa shape index (κ1) is 14.1. The second-order valence-electron chi connectivity index (χ2n) is 5.16. The summed E-state index contributed by atoms with van der Waals surface area (Å²) in [6.07, 6.45) is 0.554. The van der Waals surface area contributed by atoms with Crippen molar-refractivity contribution in [1.82, 2.24) is 0 Å². The van der Waals surface area contributed by atoms with Crippen LogP contribution in [0.5, 0.6) is 0 Å². The first-order chi connectivity index (χ1) is 10.6. The molecule has 0 aliphatic heterocycles. The zero-order chi connectivity index (χ0) is 15.7.